The van der Waals surface area contributed by atoms with Gasteiger partial charge in [0.1, 0.15) is 17.6 Å². The Morgan fingerprint density at radius 2 is 1.85 bits per heavy atom. The van der Waals surface area contributed by atoms with E-state index >= 15 is 0 Å². The number of hydrogen-bond donors (Lipinski definition) is 1. The first kappa shape index (κ1) is 16.1. The number of carbonyl (C=O) groups is 1. The molecule has 130 valence electrons. The number of benzene rings is 2. The molecule has 1 N–H and O–H groups in total. The van der Waals surface area contributed by atoms with Gasteiger partial charge in [0.15, 0.2) is 12.1 Å². The zero-order chi connectivity index (χ0) is 18.1. The summed E-state index contributed by atoms with van der Waals surface area (Å²) in [7, 11) is 1.95. The number of nitrogens with one attached hydrogen (secondary N) is 1. The van der Waals surface area contributed by atoms with Crippen LogP contribution in [0.25, 0.3) is 11.0 Å². The van der Waals surface area contributed by atoms with Crippen LogP contribution >= 0.6 is 0 Å². The molecule has 4 aromatic rings. The fourth-order valence-electron chi connectivity index (χ4n) is 3.09. The molecular weight excluding hydrogens is 328 g/mol. The lowest BCUT2D eigenvalue weighted by Gasteiger charge is -2.19. The maximum Gasteiger partial charge on any atom is 0.274 e. The van der Waals surface area contributed by atoms with E-state index in [0.29, 0.717) is 5.76 Å². The Balaban J connectivity index is 1.79. The third-order valence-electron chi connectivity index (χ3n) is 4.45. The molecule has 1 amide bonds. The Labute approximate surface area is 150 Å². The van der Waals surface area contributed by atoms with Crippen molar-refractivity contribution in [3.05, 3.63) is 83.8 Å². The third kappa shape index (κ3) is 2.75. The van der Waals surface area contributed by atoms with Crippen LogP contribution in [-0.2, 0) is 7.05 Å². The fraction of sp³-hybridized carbons (Fsp3) is 0.150. The van der Waals surface area contributed by atoms with Crippen LogP contribution in [0.3, 0.4) is 0 Å². The molecule has 0 aliphatic heterocycles. The number of fused-ring (bicyclic) bond motifs is 1. The van der Waals surface area contributed by atoms with Gasteiger partial charge in [0, 0.05) is 7.05 Å². The zero-order valence-electron chi connectivity index (χ0n) is 14.5. The van der Waals surface area contributed by atoms with E-state index in [4.69, 9.17) is 9.40 Å². The first-order chi connectivity index (χ1) is 12.6. The van der Waals surface area contributed by atoms with Crippen molar-refractivity contribution in [1.82, 2.24) is 19.9 Å². The summed E-state index contributed by atoms with van der Waals surface area (Å²) < 4.78 is 7.16. The molecule has 0 aliphatic carbocycles. The lowest BCUT2D eigenvalue weighted by atomic mass is 10.1. The van der Waals surface area contributed by atoms with Crippen molar-refractivity contribution in [2.75, 3.05) is 0 Å². The summed E-state index contributed by atoms with van der Waals surface area (Å²) in [4.78, 5) is 21.5. The average molecular weight is 346 g/mol. The van der Waals surface area contributed by atoms with Crippen LogP contribution in [0.2, 0.25) is 0 Å². The monoisotopic (exact) mass is 346 g/mol. The van der Waals surface area contributed by atoms with Crippen LogP contribution in [0, 0.1) is 6.92 Å². The standard InChI is InChI=1S/C20H18N4O2/c1-13-17(21-12-26-13)20(25)23-18(14-8-4-3-5-9-14)19-22-15-10-6-7-11-16(15)24(19)2/h3-12,18H,1-2H3,(H,23,25)/t18-/m0/s1. The SMILES string of the molecule is Cc1ocnc1C(=O)N[C@@H](c1ccccc1)c1nc2ccccc2n1C. The average Bonchev–Trinajstić information content (AvgIpc) is 3.24. The van der Waals surface area contributed by atoms with Crippen LogP contribution in [0.4, 0.5) is 0 Å². The summed E-state index contributed by atoms with van der Waals surface area (Å²) in [5.41, 5.74) is 3.12. The number of para-hydroxylation sites is 2. The number of oxazole rings is 1. The Morgan fingerprint density at radius 3 is 2.54 bits per heavy atom. The van der Waals surface area contributed by atoms with E-state index in [1.54, 1.807) is 6.92 Å². The summed E-state index contributed by atoms with van der Waals surface area (Å²) in [6, 6.07) is 17.3. The van der Waals surface area contributed by atoms with E-state index in [-0.39, 0.29) is 11.6 Å². The molecule has 0 saturated carbocycles. The van der Waals surface area contributed by atoms with E-state index in [1.165, 1.54) is 6.39 Å². The number of imidazole rings is 1. The normalized spacial score (nSPS) is 12.2. The molecule has 0 bridgehead atoms. The van der Waals surface area contributed by atoms with Gasteiger partial charge in [0.05, 0.1) is 11.0 Å². The van der Waals surface area contributed by atoms with Gasteiger partial charge in [-0.1, -0.05) is 42.5 Å². The van der Waals surface area contributed by atoms with Gasteiger partial charge in [-0.3, -0.25) is 4.79 Å². The second kappa shape index (κ2) is 6.48. The van der Waals surface area contributed by atoms with Crippen LogP contribution in [0.15, 0.2) is 65.4 Å². The maximum atomic E-state index is 12.7. The molecule has 0 unspecified atom stereocenters. The molecule has 0 aliphatic rings. The molecule has 2 aromatic carbocycles. The minimum atomic E-state index is -0.405. The molecule has 26 heavy (non-hydrogen) atoms. The van der Waals surface area contributed by atoms with Crippen LogP contribution in [0.1, 0.15) is 33.7 Å². The van der Waals surface area contributed by atoms with Crippen molar-refractivity contribution in [3.8, 4) is 0 Å². The molecule has 4 rings (SSSR count). The Kier molecular flexibility index (Phi) is 4.01. The number of aromatic nitrogens is 3. The van der Waals surface area contributed by atoms with Gasteiger partial charge in [-0.15, -0.1) is 0 Å². The van der Waals surface area contributed by atoms with Crippen molar-refractivity contribution >= 4 is 16.9 Å². The summed E-state index contributed by atoms with van der Waals surface area (Å²) in [6.45, 7) is 1.72. The van der Waals surface area contributed by atoms with E-state index in [2.05, 4.69) is 10.3 Å². The summed E-state index contributed by atoms with van der Waals surface area (Å²) >= 11 is 0. The molecule has 2 aromatic heterocycles. The van der Waals surface area contributed by atoms with Gasteiger partial charge in [0.2, 0.25) is 0 Å². The largest absolute Gasteiger partial charge is 0.448 e. The van der Waals surface area contributed by atoms with Gasteiger partial charge in [-0.2, -0.15) is 0 Å². The second-order valence-electron chi connectivity index (χ2n) is 6.09. The van der Waals surface area contributed by atoms with Crippen LogP contribution < -0.4 is 5.32 Å². The van der Waals surface area contributed by atoms with Gasteiger partial charge in [-0.05, 0) is 24.6 Å². The minimum absolute atomic E-state index is 0.282. The topological polar surface area (TPSA) is 73.0 Å². The van der Waals surface area contributed by atoms with E-state index in [9.17, 15) is 4.79 Å². The summed E-state index contributed by atoms with van der Waals surface area (Å²) in [5, 5.41) is 3.05. The predicted octanol–water partition coefficient (Wildman–Crippen LogP) is 3.39. The van der Waals surface area contributed by atoms with Crippen molar-refractivity contribution in [2.24, 2.45) is 7.05 Å². The zero-order valence-corrected chi connectivity index (χ0v) is 14.5. The van der Waals surface area contributed by atoms with Crippen LogP contribution in [0.5, 0.6) is 0 Å². The van der Waals surface area contributed by atoms with Gasteiger partial charge < -0.3 is 14.3 Å². The quantitative estimate of drug-likeness (QED) is 0.615. The Morgan fingerprint density at radius 1 is 1.12 bits per heavy atom. The van der Waals surface area contributed by atoms with E-state index < -0.39 is 6.04 Å². The fourth-order valence-corrected chi connectivity index (χ4v) is 3.09. The highest BCUT2D eigenvalue weighted by atomic mass is 16.3. The van der Waals surface area contributed by atoms with Crippen molar-refractivity contribution in [3.63, 3.8) is 0 Å². The highest BCUT2D eigenvalue weighted by Gasteiger charge is 2.25. The molecule has 0 spiro atoms. The van der Waals surface area contributed by atoms with Crippen LogP contribution in [-0.4, -0.2) is 20.4 Å². The lowest BCUT2D eigenvalue weighted by molar-refractivity contribution is 0.0935. The van der Waals surface area contributed by atoms with E-state index in [0.717, 1.165) is 22.4 Å². The smallest absolute Gasteiger partial charge is 0.274 e. The third-order valence-corrected chi connectivity index (χ3v) is 4.45. The number of hydrogen-bond acceptors (Lipinski definition) is 4. The summed E-state index contributed by atoms with van der Waals surface area (Å²) in [5.74, 6) is 0.948. The van der Waals surface area contributed by atoms with Gasteiger partial charge in [0.25, 0.3) is 5.91 Å². The highest BCUT2D eigenvalue weighted by molar-refractivity contribution is 5.93. The lowest BCUT2D eigenvalue weighted by Crippen LogP contribution is -2.31. The van der Waals surface area contributed by atoms with Crippen molar-refractivity contribution in [2.45, 2.75) is 13.0 Å². The molecule has 0 radical (unpaired) electrons. The van der Waals surface area contributed by atoms with Crippen molar-refractivity contribution in [1.29, 1.82) is 0 Å². The number of rotatable bonds is 4. The first-order valence-electron chi connectivity index (χ1n) is 8.32. The minimum Gasteiger partial charge on any atom is -0.448 e. The molecule has 2 heterocycles. The molecular formula is C20H18N4O2. The number of nitrogens with zero attached hydrogens (tertiary/aromatic N) is 3. The first-order valence-corrected chi connectivity index (χ1v) is 8.32. The molecule has 6 nitrogen and oxygen atoms in total. The number of carbonyl (C=O) groups excluding carboxylic acids is 1. The molecule has 0 fully saturated rings. The molecule has 0 saturated heterocycles. The Bertz CT molecular complexity index is 1070. The Hall–Kier alpha value is -3.41. The summed E-state index contributed by atoms with van der Waals surface area (Å²) in [6.07, 6.45) is 1.27. The van der Waals surface area contributed by atoms with Gasteiger partial charge in [-0.25, -0.2) is 9.97 Å². The number of aryl methyl sites for hydroxylation is 2. The molecule has 6 heteroatoms. The maximum absolute atomic E-state index is 12.7. The van der Waals surface area contributed by atoms with Crippen molar-refractivity contribution < 1.29 is 9.21 Å². The van der Waals surface area contributed by atoms with E-state index in [1.807, 2.05) is 66.2 Å². The highest BCUT2D eigenvalue weighted by Crippen LogP contribution is 2.25. The molecule has 1 atom stereocenters. The predicted molar refractivity (Wildman–Crippen MR) is 97.7 cm³/mol. The number of amides is 1. The van der Waals surface area contributed by atoms with Gasteiger partial charge >= 0.3 is 0 Å². The second-order valence-corrected chi connectivity index (χ2v) is 6.09.